The molecular weight excluding hydrogens is 497 g/mol. The largest absolute Gasteiger partial charge is 0.305 e. The van der Waals surface area contributed by atoms with Gasteiger partial charge in [-0.3, -0.25) is 4.98 Å². The van der Waals surface area contributed by atoms with Crippen molar-refractivity contribution >= 4 is 45.9 Å². The Balaban J connectivity index is 1.07. The summed E-state index contributed by atoms with van der Waals surface area (Å²) in [5, 5.41) is 12.4. The number of fused-ring (bicyclic) bond motifs is 2. The van der Waals surface area contributed by atoms with Gasteiger partial charge >= 0.3 is 0 Å². The smallest absolute Gasteiger partial charge is 0.191 e. The summed E-state index contributed by atoms with van der Waals surface area (Å²) >= 11 is 14.2. The summed E-state index contributed by atoms with van der Waals surface area (Å²) in [7, 11) is 2.05. The Morgan fingerprint density at radius 1 is 1.09 bits per heavy atom. The number of aromatic nitrogens is 4. The van der Waals surface area contributed by atoms with Crippen molar-refractivity contribution in [3.05, 3.63) is 69.8 Å². The standard InChI is InChI=1S/C27H27Cl2N5S/c1-17-7-9-20-21(5-3-6-24(20)30-17)25-31-32-26(33(25)2)35-12-4-11-34-15-19-14-27(19,16-34)18-8-10-22(28)23(29)13-18/h3,5-10,13,19H,4,11-12,14-16H2,1-2H3/t19-,27?/m1/s1. The number of likely N-dealkylation sites (tertiary alicyclic amines) is 1. The second-order valence-electron chi connectivity index (χ2n) is 9.81. The van der Waals surface area contributed by atoms with Gasteiger partial charge in [-0.15, -0.1) is 10.2 Å². The minimum atomic E-state index is 0.283. The third-order valence-electron chi connectivity index (χ3n) is 7.51. The zero-order valence-corrected chi connectivity index (χ0v) is 22.2. The van der Waals surface area contributed by atoms with Crippen LogP contribution in [0.3, 0.4) is 0 Å². The Bertz CT molecular complexity index is 1420. The van der Waals surface area contributed by atoms with Crippen molar-refractivity contribution in [2.24, 2.45) is 13.0 Å². The molecule has 1 aliphatic carbocycles. The van der Waals surface area contributed by atoms with Gasteiger partial charge < -0.3 is 9.47 Å². The molecule has 3 heterocycles. The second kappa shape index (κ2) is 9.07. The Kier molecular flexibility index (Phi) is 6.04. The van der Waals surface area contributed by atoms with Crippen LogP contribution in [-0.4, -0.2) is 50.0 Å². The van der Waals surface area contributed by atoms with Crippen LogP contribution in [0.5, 0.6) is 0 Å². The monoisotopic (exact) mass is 523 g/mol. The van der Waals surface area contributed by atoms with Crippen molar-refractivity contribution in [3.8, 4) is 11.4 Å². The number of benzene rings is 2. The zero-order chi connectivity index (χ0) is 24.2. The molecule has 2 atom stereocenters. The Morgan fingerprint density at radius 2 is 1.97 bits per heavy atom. The van der Waals surface area contributed by atoms with Crippen LogP contribution in [0.15, 0.2) is 53.7 Å². The number of thioether (sulfide) groups is 1. The third kappa shape index (κ3) is 4.25. The number of halogens is 2. The van der Waals surface area contributed by atoms with E-state index in [9.17, 15) is 0 Å². The summed E-state index contributed by atoms with van der Waals surface area (Å²) in [6, 6.07) is 16.5. The number of aryl methyl sites for hydroxylation is 1. The quantitative estimate of drug-likeness (QED) is 0.207. The molecule has 2 aromatic carbocycles. The highest BCUT2D eigenvalue weighted by Gasteiger charge is 2.60. The van der Waals surface area contributed by atoms with E-state index in [1.54, 1.807) is 11.8 Å². The molecule has 1 saturated carbocycles. The van der Waals surface area contributed by atoms with Crippen LogP contribution < -0.4 is 0 Å². The highest BCUT2D eigenvalue weighted by molar-refractivity contribution is 7.99. The maximum Gasteiger partial charge on any atom is 0.191 e. The minimum absolute atomic E-state index is 0.283. The topological polar surface area (TPSA) is 46.8 Å². The number of piperidine rings is 1. The van der Waals surface area contributed by atoms with Gasteiger partial charge in [0.25, 0.3) is 0 Å². The molecule has 0 N–H and O–H groups in total. The first-order valence-corrected chi connectivity index (χ1v) is 13.8. The second-order valence-corrected chi connectivity index (χ2v) is 11.7. The lowest BCUT2D eigenvalue weighted by atomic mass is 9.95. The lowest BCUT2D eigenvalue weighted by Gasteiger charge is -2.21. The molecule has 2 aromatic heterocycles. The maximum atomic E-state index is 6.29. The molecule has 35 heavy (non-hydrogen) atoms. The van der Waals surface area contributed by atoms with Crippen LogP contribution in [0.25, 0.3) is 22.3 Å². The fourth-order valence-electron chi connectivity index (χ4n) is 5.59. The zero-order valence-electron chi connectivity index (χ0n) is 19.8. The number of rotatable bonds is 7. The van der Waals surface area contributed by atoms with E-state index in [2.05, 4.69) is 48.9 Å². The molecule has 8 heteroatoms. The lowest BCUT2D eigenvalue weighted by molar-refractivity contribution is 0.299. The molecule has 2 aliphatic rings. The Labute approximate surface area is 219 Å². The highest BCUT2D eigenvalue weighted by Crippen LogP contribution is 2.59. The molecule has 5 nitrogen and oxygen atoms in total. The Morgan fingerprint density at radius 3 is 2.83 bits per heavy atom. The van der Waals surface area contributed by atoms with Crippen LogP contribution in [0.4, 0.5) is 0 Å². The summed E-state index contributed by atoms with van der Waals surface area (Å²) in [6.45, 7) is 5.41. The van der Waals surface area contributed by atoms with Gasteiger partial charge in [-0.2, -0.15) is 0 Å². The first kappa shape index (κ1) is 23.3. The predicted octanol–water partition coefficient (Wildman–Crippen LogP) is 6.40. The van der Waals surface area contributed by atoms with Crippen LogP contribution in [0.1, 0.15) is 24.1 Å². The first-order valence-electron chi connectivity index (χ1n) is 12.0. The third-order valence-corrected chi connectivity index (χ3v) is 9.35. The number of nitrogens with zero attached hydrogens (tertiary/aromatic N) is 5. The average molecular weight is 525 g/mol. The average Bonchev–Trinajstić information content (AvgIpc) is 3.22. The molecule has 0 radical (unpaired) electrons. The summed E-state index contributed by atoms with van der Waals surface area (Å²) < 4.78 is 2.10. The Hall–Kier alpha value is -2.12. The summed E-state index contributed by atoms with van der Waals surface area (Å²) in [6.07, 6.45) is 2.38. The van der Waals surface area contributed by atoms with Gasteiger partial charge in [0.1, 0.15) is 0 Å². The molecule has 180 valence electrons. The fourth-order valence-corrected chi connectivity index (χ4v) is 6.72. The van der Waals surface area contributed by atoms with Crippen LogP contribution in [0, 0.1) is 12.8 Å². The normalized spacial score (nSPS) is 21.5. The van der Waals surface area contributed by atoms with Gasteiger partial charge in [-0.25, -0.2) is 0 Å². The minimum Gasteiger partial charge on any atom is -0.305 e. The van der Waals surface area contributed by atoms with Crippen LogP contribution in [0.2, 0.25) is 10.0 Å². The first-order chi connectivity index (χ1) is 16.9. The van der Waals surface area contributed by atoms with Crippen LogP contribution in [-0.2, 0) is 12.5 Å². The van der Waals surface area contributed by atoms with Crippen molar-refractivity contribution in [2.45, 2.75) is 30.3 Å². The van der Waals surface area contributed by atoms with Crippen LogP contribution >= 0.6 is 35.0 Å². The summed E-state index contributed by atoms with van der Waals surface area (Å²) in [5.74, 6) is 2.64. The van der Waals surface area contributed by atoms with Gasteiger partial charge in [0.05, 0.1) is 15.6 Å². The van der Waals surface area contributed by atoms with E-state index >= 15 is 0 Å². The van der Waals surface area contributed by atoms with E-state index in [1.165, 1.54) is 18.5 Å². The molecule has 6 rings (SSSR count). The number of pyridine rings is 1. The van der Waals surface area contributed by atoms with Crippen molar-refractivity contribution in [1.82, 2.24) is 24.6 Å². The van der Waals surface area contributed by atoms with Gasteiger partial charge in [-0.05, 0) is 62.1 Å². The molecule has 4 aromatic rings. The van der Waals surface area contributed by atoms with Crippen molar-refractivity contribution in [1.29, 1.82) is 0 Å². The molecule has 0 bridgehead atoms. The van der Waals surface area contributed by atoms with Gasteiger partial charge in [0, 0.05) is 47.9 Å². The van der Waals surface area contributed by atoms with Gasteiger partial charge in [0.2, 0.25) is 0 Å². The molecule has 1 unspecified atom stereocenters. The summed E-state index contributed by atoms with van der Waals surface area (Å²) in [4.78, 5) is 7.26. The molecular formula is C27H27Cl2N5S. The molecule has 2 fully saturated rings. The SMILES string of the molecule is Cc1ccc2c(-c3nnc(SCCCN4C[C@H]5CC5(c5ccc(Cl)c(Cl)c5)C4)n3C)cccc2n1. The van der Waals surface area contributed by atoms with E-state index in [1.807, 2.05) is 38.2 Å². The van der Waals surface area contributed by atoms with Gasteiger partial charge in [-0.1, -0.05) is 59.2 Å². The molecule has 0 spiro atoms. The van der Waals surface area contributed by atoms with E-state index < -0.39 is 0 Å². The molecule has 1 aliphatic heterocycles. The van der Waals surface area contributed by atoms with E-state index in [0.29, 0.717) is 10.0 Å². The maximum absolute atomic E-state index is 6.29. The number of hydrogen-bond donors (Lipinski definition) is 0. The van der Waals surface area contributed by atoms with E-state index in [0.717, 1.165) is 64.3 Å². The summed E-state index contributed by atoms with van der Waals surface area (Å²) in [5.41, 5.74) is 4.70. The van der Waals surface area contributed by atoms with E-state index in [-0.39, 0.29) is 5.41 Å². The van der Waals surface area contributed by atoms with Gasteiger partial charge in [0.15, 0.2) is 11.0 Å². The highest BCUT2D eigenvalue weighted by atomic mass is 35.5. The predicted molar refractivity (Wildman–Crippen MR) is 145 cm³/mol. The fraction of sp³-hybridized carbons (Fsp3) is 0.370. The molecule has 0 amide bonds. The lowest BCUT2D eigenvalue weighted by Crippen LogP contribution is -2.27. The number of hydrogen-bond acceptors (Lipinski definition) is 5. The van der Waals surface area contributed by atoms with Crippen molar-refractivity contribution in [3.63, 3.8) is 0 Å². The van der Waals surface area contributed by atoms with Crippen molar-refractivity contribution < 1.29 is 0 Å². The van der Waals surface area contributed by atoms with Crippen molar-refractivity contribution in [2.75, 3.05) is 25.4 Å². The van der Waals surface area contributed by atoms with E-state index in [4.69, 9.17) is 23.2 Å². The molecule has 1 saturated heterocycles.